The number of aromatic nitrogens is 3. The fraction of sp³-hybridized carbons (Fsp3) is 0.818. The van der Waals surface area contributed by atoms with Crippen LogP contribution in [0.1, 0.15) is 52.5 Å². The molecule has 0 aromatic carbocycles. The van der Waals surface area contributed by atoms with E-state index < -0.39 is 0 Å². The fourth-order valence-electron chi connectivity index (χ4n) is 1.96. The van der Waals surface area contributed by atoms with E-state index in [1.54, 1.807) is 6.20 Å². The monoisotopic (exact) mass is 195 g/mol. The fourth-order valence-corrected chi connectivity index (χ4v) is 1.96. The minimum absolute atomic E-state index is 0.518. The first kappa shape index (κ1) is 11.2. The maximum atomic E-state index is 4.08. The molecule has 80 valence electrons. The van der Waals surface area contributed by atoms with E-state index in [-0.39, 0.29) is 0 Å². The van der Waals surface area contributed by atoms with Crippen LogP contribution in [0.25, 0.3) is 0 Å². The zero-order valence-electron chi connectivity index (χ0n) is 9.48. The van der Waals surface area contributed by atoms with Crippen molar-refractivity contribution in [3.63, 3.8) is 0 Å². The van der Waals surface area contributed by atoms with E-state index in [4.69, 9.17) is 0 Å². The van der Waals surface area contributed by atoms with Gasteiger partial charge in [-0.15, -0.1) is 5.10 Å². The summed E-state index contributed by atoms with van der Waals surface area (Å²) in [5.41, 5.74) is 0. The van der Waals surface area contributed by atoms with Crippen LogP contribution >= 0.6 is 0 Å². The van der Waals surface area contributed by atoms with Crippen molar-refractivity contribution in [2.24, 2.45) is 5.92 Å². The molecule has 0 saturated heterocycles. The number of rotatable bonds is 6. The third kappa shape index (κ3) is 2.82. The molecule has 0 fully saturated rings. The van der Waals surface area contributed by atoms with Crippen LogP contribution in [0.15, 0.2) is 12.4 Å². The number of nitrogens with zero attached hydrogens (tertiary/aromatic N) is 3. The molecule has 0 aliphatic rings. The number of hydrogen-bond acceptors (Lipinski definition) is 2. The Kier molecular flexibility index (Phi) is 4.63. The quantitative estimate of drug-likeness (QED) is 0.698. The van der Waals surface area contributed by atoms with Crippen molar-refractivity contribution in [3.8, 4) is 0 Å². The number of unbranched alkanes of at least 4 members (excludes halogenated alkanes) is 1. The van der Waals surface area contributed by atoms with E-state index in [1.165, 1.54) is 19.3 Å². The first-order valence-corrected chi connectivity index (χ1v) is 5.65. The van der Waals surface area contributed by atoms with E-state index >= 15 is 0 Å². The molecule has 1 aromatic rings. The van der Waals surface area contributed by atoms with Crippen molar-refractivity contribution in [1.29, 1.82) is 0 Å². The number of hydrogen-bond donors (Lipinski definition) is 0. The summed E-state index contributed by atoms with van der Waals surface area (Å²) in [6.07, 6.45) is 8.74. The van der Waals surface area contributed by atoms with Crippen LogP contribution in [0.2, 0.25) is 0 Å². The Morgan fingerprint density at radius 3 is 2.64 bits per heavy atom. The molecule has 0 saturated carbocycles. The first-order chi connectivity index (χ1) is 6.79. The van der Waals surface area contributed by atoms with Gasteiger partial charge in [-0.2, -0.15) is 0 Å². The van der Waals surface area contributed by atoms with E-state index in [2.05, 4.69) is 31.1 Å². The normalized spacial score (nSPS) is 15.4. The van der Waals surface area contributed by atoms with Gasteiger partial charge in [0, 0.05) is 6.20 Å². The molecule has 0 radical (unpaired) electrons. The van der Waals surface area contributed by atoms with Crippen LogP contribution in [-0.2, 0) is 0 Å². The Hall–Kier alpha value is -0.860. The second kappa shape index (κ2) is 5.78. The summed E-state index contributed by atoms with van der Waals surface area (Å²) in [6, 6.07) is 0.518. The van der Waals surface area contributed by atoms with Gasteiger partial charge in [-0.1, -0.05) is 38.8 Å². The Labute approximate surface area is 86.5 Å². The molecule has 1 aromatic heterocycles. The van der Waals surface area contributed by atoms with Crippen LogP contribution in [0.4, 0.5) is 0 Å². The van der Waals surface area contributed by atoms with Gasteiger partial charge in [0.25, 0.3) is 0 Å². The van der Waals surface area contributed by atoms with Gasteiger partial charge in [-0.05, 0) is 18.8 Å². The molecule has 3 heteroatoms. The highest BCUT2D eigenvalue weighted by Gasteiger charge is 2.16. The van der Waals surface area contributed by atoms with Crippen LogP contribution in [-0.4, -0.2) is 15.0 Å². The average Bonchev–Trinajstić information content (AvgIpc) is 2.69. The van der Waals surface area contributed by atoms with Gasteiger partial charge >= 0.3 is 0 Å². The summed E-state index contributed by atoms with van der Waals surface area (Å²) in [6.45, 7) is 6.77. The van der Waals surface area contributed by atoms with Crippen molar-refractivity contribution in [3.05, 3.63) is 12.4 Å². The molecule has 3 nitrogen and oxygen atoms in total. The van der Waals surface area contributed by atoms with E-state index in [0.717, 1.165) is 6.42 Å². The van der Waals surface area contributed by atoms with Crippen LogP contribution in [0.5, 0.6) is 0 Å². The molecule has 0 amide bonds. The van der Waals surface area contributed by atoms with Crippen molar-refractivity contribution >= 4 is 0 Å². The Morgan fingerprint density at radius 1 is 1.36 bits per heavy atom. The van der Waals surface area contributed by atoms with E-state index in [9.17, 15) is 0 Å². The molecule has 14 heavy (non-hydrogen) atoms. The highest BCUT2D eigenvalue weighted by Crippen LogP contribution is 2.24. The molecule has 1 rings (SSSR count). The molecule has 0 aliphatic carbocycles. The largest absolute Gasteiger partial charge is 0.249 e. The van der Waals surface area contributed by atoms with Gasteiger partial charge in [0.05, 0.1) is 12.2 Å². The van der Waals surface area contributed by atoms with Gasteiger partial charge < -0.3 is 0 Å². The predicted molar refractivity (Wildman–Crippen MR) is 58.0 cm³/mol. The highest BCUT2D eigenvalue weighted by molar-refractivity contribution is 4.75. The van der Waals surface area contributed by atoms with Gasteiger partial charge in [0.2, 0.25) is 0 Å². The second-order valence-electron chi connectivity index (χ2n) is 3.98. The molecule has 0 bridgehead atoms. The summed E-state index contributed by atoms with van der Waals surface area (Å²) < 4.78 is 2.00. The third-order valence-electron chi connectivity index (χ3n) is 2.87. The summed E-state index contributed by atoms with van der Waals surface area (Å²) in [4.78, 5) is 0. The Morgan fingerprint density at radius 2 is 2.14 bits per heavy atom. The van der Waals surface area contributed by atoms with E-state index in [0.29, 0.717) is 12.0 Å². The van der Waals surface area contributed by atoms with Crippen LogP contribution < -0.4 is 0 Å². The Bertz CT molecular complexity index is 231. The van der Waals surface area contributed by atoms with Gasteiger partial charge in [-0.25, -0.2) is 4.68 Å². The minimum Gasteiger partial charge on any atom is -0.249 e. The first-order valence-electron chi connectivity index (χ1n) is 5.65. The average molecular weight is 195 g/mol. The zero-order valence-corrected chi connectivity index (χ0v) is 9.48. The molecular weight excluding hydrogens is 174 g/mol. The van der Waals surface area contributed by atoms with Crippen molar-refractivity contribution in [1.82, 2.24) is 15.0 Å². The summed E-state index contributed by atoms with van der Waals surface area (Å²) in [5, 5.41) is 7.95. The topological polar surface area (TPSA) is 30.7 Å². The lowest BCUT2D eigenvalue weighted by Crippen LogP contribution is -2.17. The maximum absolute atomic E-state index is 4.08. The summed E-state index contributed by atoms with van der Waals surface area (Å²) in [5.74, 6) is 0.696. The highest BCUT2D eigenvalue weighted by atomic mass is 15.4. The lowest BCUT2D eigenvalue weighted by Gasteiger charge is -2.22. The van der Waals surface area contributed by atoms with Crippen LogP contribution in [0.3, 0.4) is 0 Å². The smallest absolute Gasteiger partial charge is 0.0693 e. The van der Waals surface area contributed by atoms with Crippen LogP contribution in [0, 0.1) is 5.92 Å². The van der Waals surface area contributed by atoms with Gasteiger partial charge in [0.15, 0.2) is 0 Å². The maximum Gasteiger partial charge on any atom is 0.0693 e. The molecule has 2 atom stereocenters. The third-order valence-corrected chi connectivity index (χ3v) is 2.87. The minimum atomic E-state index is 0.518. The molecular formula is C11H21N3. The standard InChI is InChI=1S/C11H21N3/c1-4-6-7-10(3)11(5-2)14-9-8-12-13-14/h8-11H,4-7H2,1-3H3. The SMILES string of the molecule is CCCCC(C)C(CC)n1ccnn1. The van der Waals surface area contributed by atoms with Crippen molar-refractivity contribution < 1.29 is 0 Å². The second-order valence-corrected chi connectivity index (χ2v) is 3.98. The Balaban J connectivity index is 2.53. The molecule has 0 aliphatic heterocycles. The predicted octanol–water partition coefficient (Wildman–Crippen LogP) is 3.06. The van der Waals surface area contributed by atoms with E-state index in [1.807, 2.05) is 10.9 Å². The molecule has 2 unspecified atom stereocenters. The molecule has 1 heterocycles. The summed E-state index contributed by atoms with van der Waals surface area (Å²) >= 11 is 0. The lowest BCUT2D eigenvalue weighted by atomic mass is 9.94. The van der Waals surface area contributed by atoms with Crippen molar-refractivity contribution in [2.45, 2.75) is 52.5 Å². The van der Waals surface area contributed by atoms with Crippen molar-refractivity contribution in [2.75, 3.05) is 0 Å². The lowest BCUT2D eigenvalue weighted by molar-refractivity contribution is 0.291. The molecule has 0 N–H and O–H groups in total. The zero-order chi connectivity index (χ0) is 10.4. The van der Waals surface area contributed by atoms with Gasteiger partial charge in [0.1, 0.15) is 0 Å². The van der Waals surface area contributed by atoms with Gasteiger partial charge in [-0.3, -0.25) is 0 Å². The summed E-state index contributed by atoms with van der Waals surface area (Å²) in [7, 11) is 0. The molecule has 0 spiro atoms.